The molecule has 12 heteroatoms. The van der Waals surface area contributed by atoms with Gasteiger partial charge in [0.2, 0.25) is 15.0 Å². The van der Waals surface area contributed by atoms with Gasteiger partial charge in [-0.15, -0.1) is 0 Å². The van der Waals surface area contributed by atoms with E-state index >= 15 is 0 Å². The molecule has 2 aromatic carbocycles. The molecule has 0 aliphatic heterocycles. The maximum atomic E-state index is 13.6. The fourth-order valence-corrected chi connectivity index (χ4v) is 5.25. The summed E-state index contributed by atoms with van der Waals surface area (Å²) in [6.07, 6.45) is 3.28. The summed E-state index contributed by atoms with van der Waals surface area (Å²) in [7, 11) is -0.311. The summed E-state index contributed by atoms with van der Waals surface area (Å²) in [6, 6.07) is 14.2. The number of imidazole rings is 2. The molecule has 0 aliphatic rings. The van der Waals surface area contributed by atoms with E-state index in [9.17, 15) is 17.6 Å². The second-order valence-corrected chi connectivity index (χ2v) is 11.6. The lowest BCUT2D eigenvalue weighted by Gasteiger charge is -2.08. The first kappa shape index (κ1) is 27.7. The van der Waals surface area contributed by atoms with Crippen molar-refractivity contribution in [3.63, 3.8) is 0 Å². The molecular weight excluding hydrogens is 545 g/mol. The summed E-state index contributed by atoms with van der Waals surface area (Å²) in [6.45, 7) is 2.17. The maximum absolute atomic E-state index is 13.6. The fraction of sp³-hybridized carbons (Fsp3) is 0.172. The van der Waals surface area contributed by atoms with Crippen LogP contribution in [0, 0.1) is 24.6 Å². The van der Waals surface area contributed by atoms with Gasteiger partial charge in [-0.25, -0.2) is 27.3 Å². The van der Waals surface area contributed by atoms with E-state index < -0.39 is 21.6 Å². The van der Waals surface area contributed by atoms with Crippen molar-refractivity contribution in [1.82, 2.24) is 29.5 Å². The zero-order chi connectivity index (χ0) is 29.1. The lowest BCUT2D eigenvalue weighted by Crippen LogP contribution is -2.22. The number of nitrogens with zero attached hydrogens (tertiary/aromatic N) is 5. The third-order valence-electron chi connectivity index (χ3n) is 6.23. The van der Waals surface area contributed by atoms with E-state index in [-0.39, 0.29) is 28.8 Å². The molecule has 1 amide bonds. The van der Waals surface area contributed by atoms with Crippen molar-refractivity contribution in [3.8, 4) is 23.1 Å². The predicted octanol–water partition coefficient (Wildman–Crippen LogP) is 3.55. The van der Waals surface area contributed by atoms with Crippen molar-refractivity contribution < 1.29 is 17.6 Å². The highest BCUT2D eigenvalue weighted by Gasteiger charge is 2.26. The molecule has 3 aromatic heterocycles. The summed E-state index contributed by atoms with van der Waals surface area (Å²) in [5.41, 5.74) is 3.72. The normalized spacial score (nSPS) is 11.4. The molecule has 0 saturated carbocycles. The average Bonchev–Trinajstić information content (AvgIpc) is 3.58. The Kier molecular flexibility index (Phi) is 7.65. The molecule has 2 N–H and O–H groups in total. The van der Waals surface area contributed by atoms with Crippen LogP contribution in [0.2, 0.25) is 0 Å². The van der Waals surface area contributed by atoms with Crippen LogP contribution in [0.25, 0.3) is 16.9 Å². The third-order valence-corrected chi connectivity index (χ3v) is 7.73. The molecule has 0 radical (unpaired) electrons. The molecule has 5 rings (SSSR count). The summed E-state index contributed by atoms with van der Waals surface area (Å²) < 4.78 is 41.2. The van der Waals surface area contributed by atoms with Crippen LogP contribution in [0.15, 0.2) is 72.1 Å². The summed E-state index contributed by atoms with van der Waals surface area (Å²) in [4.78, 5) is 26.4. The second kappa shape index (κ2) is 11.3. The number of aromatic nitrogens is 5. The Morgan fingerprint density at radius 3 is 2.66 bits per heavy atom. The van der Waals surface area contributed by atoms with Gasteiger partial charge in [0.05, 0.1) is 17.6 Å². The smallest absolute Gasteiger partial charge is 0.276 e. The first-order valence-electron chi connectivity index (χ1n) is 12.6. The Balaban J connectivity index is 1.46. The summed E-state index contributed by atoms with van der Waals surface area (Å²) in [5.74, 6) is 4.88. The highest BCUT2D eigenvalue weighted by atomic mass is 32.2. The first-order chi connectivity index (χ1) is 19.6. The van der Waals surface area contributed by atoms with Crippen molar-refractivity contribution in [1.29, 1.82) is 0 Å². The number of hydrogen-bond acceptors (Lipinski definition) is 7. The number of benzene rings is 2. The molecule has 0 atom stereocenters. The minimum absolute atomic E-state index is 0.134. The van der Waals surface area contributed by atoms with Gasteiger partial charge in [0.1, 0.15) is 11.5 Å². The number of nitrogens with one attached hydrogen (secondary N) is 2. The van der Waals surface area contributed by atoms with Crippen LogP contribution >= 0.6 is 0 Å². The Bertz CT molecular complexity index is 1920. The summed E-state index contributed by atoms with van der Waals surface area (Å²) >= 11 is 0. The van der Waals surface area contributed by atoms with E-state index in [1.807, 2.05) is 19.1 Å². The number of fused-ring (bicyclic) bond motifs is 1. The van der Waals surface area contributed by atoms with Crippen LogP contribution in [0.5, 0.6) is 0 Å². The van der Waals surface area contributed by atoms with Gasteiger partial charge in [0.15, 0.2) is 11.3 Å². The van der Waals surface area contributed by atoms with Gasteiger partial charge in [0, 0.05) is 29.6 Å². The van der Waals surface area contributed by atoms with Crippen molar-refractivity contribution in [3.05, 3.63) is 95.3 Å². The Hall–Kier alpha value is -4.86. The van der Waals surface area contributed by atoms with E-state index in [1.165, 1.54) is 24.3 Å². The number of aromatic amines is 1. The molecular formula is C29H26FN7O3S. The van der Waals surface area contributed by atoms with Gasteiger partial charge in [-0.2, -0.15) is 5.10 Å². The molecule has 41 heavy (non-hydrogen) atoms. The number of hydrogen-bond donors (Lipinski definition) is 2. The van der Waals surface area contributed by atoms with Crippen molar-refractivity contribution >= 4 is 27.1 Å². The molecule has 10 nitrogen and oxygen atoms in total. The van der Waals surface area contributed by atoms with Crippen LogP contribution in [0.3, 0.4) is 0 Å². The van der Waals surface area contributed by atoms with Crippen LogP contribution < -0.4 is 5.32 Å². The Morgan fingerprint density at radius 2 is 1.90 bits per heavy atom. The fourth-order valence-electron chi connectivity index (χ4n) is 3.96. The lowest BCUT2D eigenvalue weighted by molar-refractivity contribution is 0.102. The zero-order valence-corrected chi connectivity index (χ0v) is 23.3. The number of carbonyl (C=O) groups is 1. The van der Waals surface area contributed by atoms with Gasteiger partial charge in [-0.05, 0) is 81.0 Å². The number of halogens is 1. The quantitative estimate of drug-likeness (QED) is 0.286. The number of carbonyl (C=O) groups excluding carboxylic acids is 1. The van der Waals surface area contributed by atoms with E-state index in [2.05, 4.69) is 37.2 Å². The SMILES string of the molecule is Cc1ccc(NC(=O)c2nc(S(=O)(=O)CCN(C)C)[nH]c2-c2ccc(F)cc2)cc1C#Cc1cnc2cccnn12. The average molecular weight is 572 g/mol. The summed E-state index contributed by atoms with van der Waals surface area (Å²) in [5, 5.41) is 6.72. The number of anilines is 1. The minimum atomic E-state index is -3.83. The van der Waals surface area contributed by atoms with E-state index in [4.69, 9.17) is 0 Å². The second-order valence-electron chi connectivity index (χ2n) is 9.57. The molecule has 5 aromatic rings. The topological polar surface area (TPSA) is 125 Å². The highest BCUT2D eigenvalue weighted by molar-refractivity contribution is 7.91. The molecule has 0 aliphatic carbocycles. The number of sulfone groups is 1. The Morgan fingerprint density at radius 1 is 1.12 bits per heavy atom. The van der Waals surface area contributed by atoms with E-state index in [0.29, 0.717) is 28.2 Å². The zero-order valence-electron chi connectivity index (χ0n) is 22.5. The number of H-pyrrole nitrogens is 1. The molecule has 0 unspecified atom stereocenters. The van der Waals surface area contributed by atoms with Gasteiger partial charge >= 0.3 is 0 Å². The van der Waals surface area contributed by atoms with Gasteiger partial charge in [-0.1, -0.05) is 12.0 Å². The minimum Gasteiger partial charge on any atom is -0.328 e. The number of amides is 1. The lowest BCUT2D eigenvalue weighted by atomic mass is 10.1. The van der Waals surface area contributed by atoms with Gasteiger partial charge < -0.3 is 15.2 Å². The molecule has 0 bridgehead atoms. The van der Waals surface area contributed by atoms with E-state index in [0.717, 1.165) is 5.56 Å². The third kappa shape index (κ3) is 6.16. The van der Waals surface area contributed by atoms with Crippen molar-refractivity contribution in [2.45, 2.75) is 12.1 Å². The molecule has 0 fully saturated rings. The van der Waals surface area contributed by atoms with Crippen LogP contribution in [0.1, 0.15) is 27.3 Å². The van der Waals surface area contributed by atoms with Crippen molar-refractivity contribution in [2.24, 2.45) is 0 Å². The Labute approximate surface area is 236 Å². The molecule has 0 saturated heterocycles. The van der Waals surface area contributed by atoms with E-state index in [1.54, 1.807) is 54.1 Å². The van der Waals surface area contributed by atoms with Crippen molar-refractivity contribution in [2.75, 3.05) is 31.7 Å². The first-order valence-corrected chi connectivity index (χ1v) is 14.2. The largest absolute Gasteiger partial charge is 0.328 e. The van der Waals surface area contributed by atoms with Crippen LogP contribution in [-0.2, 0) is 9.84 Å². The van der Waals surface area contributed by atoms with Crippen LogP contribution in [-0.4, -0.2) is 70.2 Å². The standard InChI is InChI=1S/C29H26FN7O3S/c1-19-6-12-23(17-21(19)9-13-24-18-31-25-5-4-14-32-37(24)25)33-28(38)27-26(20-7-10-22(30)11-8-20)34-29(35-27)41(39,40)16-15-36(2)3/h4-8,10-12,14,17-18H,15-16H2,1-3H3,(H,33,38)(H,34,35). The van der Waals surface area contributed by atoms with Gasteiger partial charge in [-0.3, -0.25) is 4.79 Å². The maximum Gasteiger partial charge on any atom is 0.276 e. The number of aryl methyl sites for hydroxylation is 1. The number of rotatable bonds is 7. The molecule has 0 spiro atoms. The monoisotopic (exact) mass is 571 g/mol. The van der Waals surface area contributed by atoms with Crippen LogP contribution in [0.4, 0.5) is 10.1 Å². The predicted molar refractivity (Wildman–Crippen MR) is 153 cm³/mol. The highest BCUT2D eigenvalue weighted by Crippen LogP contribution is 2.26. The molecule has 208 valence electrons. The van der Waals surface area contributed by atoms with Gasteiger partial charge in [0.25, 0.3) is 5.91 Å². The molecule has 3 heterocycles.